The fourth-order valence-corrected chi connectivity index (χ4v) is 4.54. The SMILES string of the molecule is O=C([C@@H]1CN(Cc2ccccn2)CC12CCOCC2)N1CCOCC1. The number of hydrogen-bond donors (Lipinski definition) is 0. The third kappa shape index (κ3) is 3.57. The Balaban J connectivity index is 1.51. The van der Waals surface area contributed by atoms with E-state index in [1.807, 2.05) is 23.2 Å². The third-order valence-electron chi connectivity index (χ3n) is 5.94. The standard InChI is InChI=1S/C19H27N3O3/c23-18(22-7-11-25-12-8-22)17-14-21(13-16-3-1-2-6-20-16)15-19(17)4-9-24-10-5-19/h1-3,6,17H,4-5,7-15H2/t17-/m0/s1. The van der Waals surface area contributed by atoms with Crippen LogP contribution in [0.25, 0.3) is 0 Å². The summed E-state index contributed by atoms with van der Waals surface area (Å²) in [6, 6.07) is 6.03. The molecule has 0 radical (unpaired) electrons. The zero-order valence-electron chi connectivity index (χ0n) is 14.7. The predicted molar refractivity (Wildman–Crippen MR) is 92.9 cm³/mol. The molecule has 0 N–H and O–H groups in total. The summed E-state index contributed by atoms with van der Waals surface area (Å²) < 4.78 is 11.0. The average Bonchev–Trinajstić information content (AvgIpc) is 3.00. The van der Waals surface area contributed by atoms with E-state index in [4.69, 9.17) is 9.47 Å². The Morgan fingerprint density at radius 3 is 2.64 bits per heavy atom. The van der Waals surface area contributed by atoms with Gasteiger partial charge in [-0.3, -0.25) is 14.7 Å². The first-order valence-corrected chi connectivity index (χ1v) is 9.33. The monoisotopic (exact) mass is 345 g/mol. The molecule has 0 aliphatic carbocycles. The Morgan fingerprint density at radius 1 is 1.16 bits per heavy atom. The number of carbonyl (C=O) groups is 1. The maximum atomic E-state index is 13.3. The highest BCUT2D eigenvalue weighted by molar-refractivity contribution is 5.80. The van der Waals surface area contributed by atoms with Crippen LogP contribution in [0.4, 0.5) is 0 Å². The number of nitrogens with zero attached hydrogens (tertiary/aromatic N) is 3. The summed E-state index contributed by atoms with van der Waals surface area (Å²) in [6.45, 7) is 6.91. The number of morpholine rings is 1. The van der Waals surface area contributed by atoms with Gasteiger partial charge in [0.05, 0.1) is 24.8 Å². The quantitative estimate of drug-likeness (QED) is 0.823. The highest BCUT2D eigenvalue weighted by atomic mass is 16.5. The maximum Gasteiger partial charge on any atom is 0.227 e. The minimum atomic E-state index is 0.0580. The van der Waals surface area contributed by atoms with Gasteiger partial charge in [0.25, 0.3) is 0 Å². The van der Waals surface area contributed by atoms with Gasteiger partial charge < -0.3 is 14.4 Å². The Labute approximate surface area is 149 Å². The summed E-state index contributed by atoms with van der Waals surface area (Å²) in [5.74, 6) is 0.381. The normalized spacial score (nSPS) is 26.9. The fourth-order valence-electron chi connectivity index (χ4n) is 4.54. The van der Waals surface area contributed by atoms with Crippen molar-refractivity contribution in [3.05, 3.63) is 30.1 Å². The van der Waals surface area contributed by atoms with Crippen molar-refractivity contribution >= 4 is 5.91 Å². The van der Waals surface area contributed by atoms with E-state index in [1.165, 1.54) is 0 Å². The summed E-state index contributed by atoms with van der Waals surface area (Å²) in [6.07, 6.45) is 3.80. The van der Waals surface area contributed by atoms with Gasteiger partial charge in [0.2, 0.25) is 5.91 Å². The summed E-state index contributed by atoms with van der Waals surface area (Å²) in [5, 5.41) is 0. The number of ether oxygens (including phenoxy) is 2. The molecule has 1 spiro atoms. The summed E-state index contributed by atoms with van der Waals surface area (Å²) >= 11 is 0. The van der Waals surface area contributed by atoms with Crippen molar-refractivity contribution in [3.63, 3.8) is 0 Å². The van der Waals surface area contributed by atoms with E-state index in [1.54, 1.807) is 0 Å². The molecule has 0 bridgehead atoms. The molecule has 1 atom stereocenters. The molecule has 1 aromatic heterocycles. The van der Waals surface area contributed by atoms with E-state index in [9.17, 15) is 4.79 Å². The number of amides is 1. The lowest BCUT2D eigenvalue weighted by molar-refractivity contribution is -0.144. The van der Waals surface area contributed by atoms with Gasteiger partial charge in [-0.15, -0.1) is 0 Å². The Bertz CT molecular complexity index is 583. The minimum absolute atomic E-state index is 0.0580. The van der Waals surface area contributed by atoms with Crippen LogP contribution < -0.4 is 0 Å². The van der Waals surface area contributed by atoms with Crippen molar-refractivity contribution in [3.8, 4) is 0 Å². The smallest absolute Gasteiger partial charge is 0.227 e. The van der Waals surface area contributed by atoms with Gasteiger partial charge in [-0.1, -0.05) is 6.07 Å². The molecule has 1 amide bonds. The molecule has 3 saturated heterocycles. The number of likely N-dealkylation sites (tertiary alicyclic amines) is 1. The number of rotatable bonds is 3. The van der Waals surface area contributed by atoms with E-state index in [0.29, 0.717) is 19.1 Å². The van der Waals surface area contributed by atoms with Gasteiger partial charge in [-0.25, -0.2) is 0 Å². The summed E-state index contributed by atoms with van der Waals surface area (Å²) in [7, 11) is 0. The van der Waals surface area contributed by atoms with E-state index in [-0.39, 0.29) is 11.3 Å². The molecule has 3 fully saturated rings. The minimum Gasteiger partial charge on any atom is -0.381 e. The Hall–Kier alpha value is -1.50. The molecule has 1 aromatic rings. The highest BCUT2D eigenvalue weighted by Gasteiger charge is 2.51. The van der Waals surface area contributed by atoms with Crippen LogP contribution >= 0.6 is 0 Å². The van der Waals surface area contributed by atoms with Gasteiger partial charge in [0.1, 0.15) is 0 Å². The van der Waals surface area contributed by atoms with Crippen LogP contribution in [0.5, 0.6) is 0 Å². The van der Waals surface area contributed by atoms with Crippen LogP contribution in [0.1, 0.15) is 18.5 Å². The molecule has 4 heterocycles. The van der Waals surface area contributed by atoms with Crippen molar-refractivity contribution < 1.29 is 14.3 Å². The molecule has 25 heavy (non-hydrogen) atoms. The lowest BCUT2D eigenvalue weighted by Crippen LogP contribution is -2.49. The largest absolute Gasteiger partial charge is 0.381 e. The van der Waals surface area contributed by atoms with Crippen molar-refractivity contribution in [2.45, 2.75) is 19.4 Å². The van der Waals surface area contributed by atoms with Crippen molar-refractivity contribution in [1.82, 2.24) is 14.8 Å². The molecule has 136 valence electrons. The zero-order valence-corrected chi connectivity index (χ0v) is 14.7. The first-order valence-electron chi connectivity index (χ1n) is 9.33. The molecule has 6 nitrogen and oxygen atoms in total. The van der Waals surface area contributed by atoms with Crippen LogP contribution in [-0.2, 0) is 20.8 Å². The van der Waals surface area contributed by atoms with Crippen molar-refractivity contribution in [2.75, 3.05) is 52.6 Å². The van der Waals surface area contributed by atoms with Crippen LogP contribution in [0.3, 0.4) is 0 Å². The van der Waals surface area contributed by atoms with Crippen molar-refractivity contribution in [1.29, 1.82) is 0 Å². The second-order valence-electron chi connectivity index (χ2n) is 7.46. The Kier molecular flexibility index (Phi) is 5.01. The van der Waals surface area contributed by atoms with Gasteiger partial charge in [-0.05, 0) is 25.0 Å². The van der Waals surface area contributed by atoms with E-state index in [0.717, 1.165) is 64.5 Å². The lowest BCUT2D eigenvalue weighted by Gasteiger charge is -2.40. The Morgan fingerprint density at radius 2 is 1.92 bits per heavy atom. The molecule has 3 aliphatic rings. The van der Waals surface area contributed by atoms with Crippen LogP contribution in [0, 0.1) is 11.3 Å². The average molecular weight is 345 g/mol. The maximum absolute atomic E-state index is 13.3. The number of carbonyl (C=O) groups excluding carboxylic acids is 1. The molecule has 0 unspecified atom stereocenters. The van der Waals surface area contributed by atoms with Gasteiger partial charge in [-0.2, -0.15) is 0 Å². The number of hydrogen-bond acceptors (Lipinski definition) is 5. The summed E-state index contributed by atoms with van der Waals surface area (Å²) in [4.78, 5) is 22.1. The van der Waals surface area contributed by atoms with Gasteiger partial charge in [0, 0.05) is 57.5 Å². The van der Waals surface area contributed by atoms with E-state index < -0.39 is 0 Å². The highest BCUT2D eigenvalue weighted by Crippen LogP contribution is 2.45. The first kappa shape index (κ1) is 16.9. The first-order chi connectivity index (χ1) is 12.3. The van der Waals surface area contributed by atoms with Crippen LogP contribution in [0.2, 0.25) is 0 Å². The predicted octanol–water partition coefficient (Wildman–Crippen LogP) is 1.17. The molecule has 0 saturated carbocycles. The van der Waals surface area contributed by atoms with Crippen LogP contribution in [-0.4, -0.2) is 73.3 Å². The second-order valence-corrected chi connectivity index (χ2v) is 7.46. The number of pyridine rings is 1. The molecule has 4 rings (SSSR count). The molecule has 3 aliphatic heterocycles. The van der Waals surface area contributed by atoms with Gasteiger partial charge in [0.15, 0.2) is 0 Å². The van der Waals surface area contributed by atoms with Crippen molar-refractivity contribution in [2.24, 2.45) is 11.3 Å². The van der Waals surface area contributed by atoms with E-state index >= 15 is 0 Å². The number of aromatic nitrogens is 1. The molecule has 6 heteroatoms. The zero-order chi connectivity index (χ0) is 17.1. The van der Waals surface area contributed by atoms with Crippen LogP contribution in [0.15, 0.2) is 24.4 Å². The summed E-state index contributed by atoms with van der Waals surface area (Å²) in [5.41, 5.74) is 1.13. The molecular formula is C19H27N3O3. The molecular weight excluding hydrogens is 318 g/mol. The topological polar surface area (TPSA) is 54.9 Å². The fraction of sp³-hybridized carbons (Fsp3) is 0.684. The van der Waals surface area contributed by atoms with Gasteiger partial charge >= 0.3 is 0 Å². The molecule has 0 aromatic carbocycles. The third-order valence-corrected chi connectivity index (χ3v) is 5.94. The lowest BCUT2D eigenvalue weighted by atomic mass is 9.71. The van der Waals surface area contributed by atoms with E-state index in [2.05, 4.69) is 16.0 Å². The second kappa shape index (κ2) is 7.40.